The Hall–Kier alpha value is -2.59. The quantitative estimate of drug-likeness (QED) is 0.244. The molecule has 0 spiro atoms. The first-order chi connectivity index (χ1) is 13.0. The van der Waals surface area contributed by atoms with Crippen molar-refractivity contribution in [1.82, 2.24) is 0 Å². The Bertz CT molecular complexity index is 1200. The topological polar surface area (TPSA) is 224 Å². The second-order valence-electron chi connectivity index (χ2n) is 5.88. The van der Waals surface area contributed by atoms with E-state index in [0.717, 1.165) is 0 Å². The van der Waals surface area contributed by atoms with Crippen LogP contribution in [0.1, 0.15) is 11.1 Å². The van der Waals surface area contributed by atoms with Gasteiger partial charge in [-0.05, 0) is 12.1 Å². The zero-order chi connectivity index (χ0) is 22.4. The van der Waals surface area contributed by atoms with Crippen molar-refractivity contribution in [2.75, 3.05) is 0 Å². The first kappa shape index (κ1) is 22.7. The molecule has 0 aromatic heterocycles. The fourth-order valence-electron chi connectivity index (χ4n) is 2.37. The average Bonchev–Trinajstić information content (AvgIpc) is 2.51. The van der Waals surface area contributed by atoms with Gasteiger partial charge in [-0.3, -0.25) is 9.11 Å². The molecule has 2 aromatic rings. The van der Waals surface area contributed by atoms with Crippen LogP contribution in [0.4, 0.5) is 0 Å². The van der Waals surface area contributed by atoms with Gasteiger partial charge in [0.25, 0.3) is 20.2 Å². The molecule has 2 aromatic carbocycles. The molecular weight excluding hydrogens is 456 g/mol. The number of phenolic OH excluding ortho intramolecular Hbond substituents is 4. The van der Waals surface area contributed by atoms with Gasteiger partial charge in [-0.25, -0.2) is 8.42 Å². The third-order valence-corrected chi connectivity index (χ3v) is 6.89. The van der Waals surface area contributed by atoms with Crippen LogP contribution in [0.5, 0.6) is 23.0 Å². The van der Waals surface area contributed by atoms with Gasteiger partial charge >= 0.3 is 0 Å². The normalized spacial score (nSPS) is 12.8. The molecule has 0 fully saturated rings. The summed E-state index contributed by atoms with van der Waals surface area (Å²) in [5, 5.41) is 38.8. The van der Waals surface area contributed by atoms with E-state index >= 15 is 0 Å². The first-order valence-corrected chi connectivity index (χ1v) is 12.0. The predicted molar refractivity (Wildman–Crippen MR) is 95.5 cm³/mol. The van der Waals surface area contributed by atoms with E-state index < -0.39 is 85.5 Å². The fraction of sp³-hybridized carbons (Fsp3) is 0.143. The van der Waals surface area contributed by atoms with Crippen molar-refractivity contribution in [2.45, 2.75) is 21.3 Å². The number of hydrogen-bond donors (Lipinski definition) is 6. The summed E-state index contributed by atoms with van der Waals surface area (Å²) < 4.78 is 86.8. The van der Waals surface area contributed by atoms with Crippen LogP contribution in [0.2, 0.25) is 0 Å². The second-order valence-corrected chi connectivity index (χ2v) is 10.7. The first-order valence-electron chi connectivity index (χ1n) is 7.26. The molecule has 12 nitrogen and oxygen atoms in total. The third-order valence-electron chi connectivity index (χ3n) is 3.63. The molecule has 0 aliphatic rings. The Labute approximate surface area is 164 Å². The average molecular weight is 470 g/mol. The molecule has 0 atom stereocenters. The number of sulfone groups is 1. The van der Waals surface area contributed by atoms with Gasteiger partial charge in [0, 0.05) is 23.3 Å². The van der Waals surface area contributed by atoms with Gasteiger partial charge in [-0.15, -0.1) is 0 Å². The molecular formula is C14H14O12S3. The number of rotatable bonds is 6. The summed E-state index contributed by atoms with van der Waals surface area (Å²) in [4.78, 5) is -2.08. The van der Waals surface area contributed by atoms with E-state index in [-0.39, 0.29) is 0 Å². The molecule has 6 N–H and O–H groups in total. The van der Waals surface area contributed by atoms with Gasteiger partial charge in [-0.1, -0.05) is 0 Å². The molecule has 0 aliphatic heterocycles. The standard InChI is InChI=1S/C14H14O12S3/c15-9-3-13(28(21,22)23)11(17)1-7(9)5-27(19,20)6-8-2-12(18)14(4-10(8)16)29(24,25)26/h1-4,15-18H,5-6H2,(H,21,22,23)(H,24,25,26). The van der Waals surface area contributed by atoms with Crippen molar-refractivity contribution >= 4 is 30.1 Å². The van der Waals surface area contributed by atoms with E-state index in [2.05, 4.69) is 0 Å². The minimum absolute atomic E-state index is 0.437. The Morgan fingerprint density at radius 1 is 0.552 bits per heavy atom. The molecule has 0 heterocycles. The minimum Gasteiger partial charge on any atom is -0.508 e. The highest BCUT2D eigenvalue weighted by Gasteiger charge is 2.25. The molecule has 29 heavy (non-hydrogen) atoms. The Balaban J connectivity index is 2.39. The number of benzene rings is 2. The van der Waals surface area contributed by atoms with E-state index in [1.165, 1.54) is 0 Å². The molecule has 0 bridgehead atoms. The van der Waals surface area contributed by atoms with Crippen molar-refractivity contribution in [1.29, 1.82) is 0 Å². The molecule has 2 rings (SSSR count). The molecule has 0 radical (unpaired) electrons. The lowest BCUT2D eigenvalue weighted by molar-refractivity contribution is 0.430. The molecule has 160 valence electrons. The highest BCUT2D eigenvalue weighted by atomic mass is 32.2. The third kappa shape index (κ3) is 5.27. The zero-order valence-corrected chi connectivity index (χ0v) is 16.5. The second kappa shape index (κ2) is 7.34. The lowest BCUT2D eigenvalue weighted by atomic mass is 10.2. The van der Waals surface area contributed by atoms with Crippen molar-refractivity contribution in [3.8, 4) is 23.0 Å². The van der Waals surface area contributed by atoms with Gasteiger partial charge in [0.1, 0.15) is 32.8 Å². The number of phenols is 4. The summed E-state index contributed by atoms with van der Waals surface area (Å²) in [6.45, 7) is 0. The minimum atomic E-state index is -4.88. The SMILES string of the molecule is O=S(=O)(Cc1cc(O)c(S(=O)(=O)O)cc1O)Cc1cc(O)c(S(=O)(=O)O)cc1O. The van der Waals surface area contributed by atoms with E-state index in [9.17, 15) is 45.7 Å². The molecule has 0 saturated heterocycles. The van der Waals surface area contributed by atoms with E-state index in [1.54, 1.807) is 0 Å². The van der Waals surface area contributed by atoms with Crippen LogP contribution in [-0.2, 0) is 41.6 Å². The molecule has 0 saturated carbocycles. The highest BCUT2D eigenvalue weighted by molar-refractivity contribution is 7.89. The van der Waals surface area contributed by atoms with Crippen molar-refractivity contribution in [3.05, 3.63) is 35.4 Å². The smallest absolute Gasteiger partial charge is 0.298 e. The van der Waals surface area contributed by atoms with Gasteiger partial charge in [-0.2, -0.15) is 16.8 Å². The molecule has 0 aliphatic carbocycles. The number of aromatic hydroxyl groups is 4. The Kier molecular flexibility index (Phi) is 5.75. The molecule has 15 heteroatoms. The lowest BCUT2D eigenvalue weighted by Gasteiger charge is -2.11. The maximum absolute atomic E-state index is 12.3. The van der Waals surface area contributed by atoms with Crippen LogP contribution >= 0.6 is 0 Å². The maximum atomic E-state index is 12.3. The van der Waals surface area contributed by atoms with Crippen LogP contribution < -0.4 is 0 Å². The van der Waals surface area contributed by atoms with E-state index in [4.69, 9.17) is 9.11 Å². The summed E-state index contributed by atoms with van der Waals surface area (Å²) >= 11 is 0. The molecule has 0 unspecified atom stereocenters. The van der Waals surface area contributed by atoms with E-state index in [1.807, 2.05) is 0 Å². The zero-order valence-electron chi connectivity index (χ0n) is 14.1. The van der Waals surface area contributed by atoms with Gasteiger partial charge in [0.2, 0.25) is 0 Å². The highest BCUT2D eigenvalue weighted by Crippen LogP contribution is 2.34. The predicted octanol–water partition coefficient (Wildman–Crippen LogP) is 0.117. The summed E-state index contributed by atoms with van der Waals surface area (Å²) in [5.41, 5.74) is -0.874. The van der Waals surface area contributed by atoms with Crippen LogP contribution in [0.25, 0.3) is 0 Å². The largest absolute Gasteiger partial charge is 0.508 e. The van der Waals surface area contributed by atoms with Gasteiger partial charge < -0.3 is 20.4 Å². The van der Waals surface area contributed by atoms with Crippen LogP contribution in [0.3, 0.4) is 0 Å². The summed E-state index contributed by atoms with van der Waals surface area (Å²) in [6, 6.07) is 2.10. The van der Waals surface area contributed by atoms with Crippen molar-refractivity contribution in [2.24, 2.45) is 0 Å². The van der Waals surface area contributed by atoms with Crippen LogP contribution in [-0.4, -0.2) is 54.8 Å². The van der Waals surface area contributed by atoms with Crippen molar-refractivity contribution < 1.29 is 54.8 Å². The summed E-state index contributed by atoms with van der Waals surface area (Å²) in [7, 11) is -14.0. The Morgan fingerprint density at radius 2 is 0.862 bits per heavy atom. The summed E-state index contributed by atoms with van der Waals surface area (Å²) in [6.07, 6.45) is 0. The number of hydrogen-bond acceptors (Lipinski definition) is 10. The maximum Gasteiger partial charge on any atom is 0.298 e. The lowest BCUT2D eigenvalue weighted by Crippen LogP contribution is -2.09. The summed E-state index contributed by atoms with van der Waals surface area (Å²) in [5.74, 6) is -5.70. The van der Waals surface area contributed by atoms with Crippen molar-refractivity contribution in [3.63, 3.8) is 0 Å². The Morgan fingerprint density at radius 3 is 1.14 bits per heavy atom. The monoisotopic (exact) mass is 470 g/mol. The van der Waals surface area contributed by atoms with E-state index in [0.29, 0.717) is 24.3 Å². The van der Waals surface area contributed by atoms with Crippen LogP contribution in [0, 0.1) is 0 Å². The fourth-order valence-corrected chi connectivity index (χ4v) is 5.05. The van der Waals surface area contributed by atoms with Gasteiger partial charge in [0.15, 0.2) is 9.84 Å². The van der Waals surface area contributed by atoms with Crippen LogP contribution in [0.15, 0.2) is 34.1 Å². The molecule has 0 amide bonds. The van der Waals surface area contributed by atoms with Gasteiger partial charge in [0.05, 0.1) is 11.5 Å².